The zero-order valence-electron chi connectivity index (χ0n) is 10.2. The Hall–Kier alpha value is -1.22. The van der Waals surface area contributed by atoms with Gasteiger partial charge in [0.05, 0.1) is 24.9 Å². The summed E-state index contributed by atoms with van der Waals surface area (Å²) in [6.45, 7) is 6.89. The van der Waals surface area contributed by atoms with E-state index in [-0.39, 0.29) is 12.6 Å². The van der Waals surface area contributed by atoms with Crippen molar-refractivity contribution in [1.29, 1.82) is 0 Å². The molecule has 1 aromatic carbocycles. The Morgan fingerprint density at radius 3 is 2.56 bits per heavy atom. The summed E-state index contributed by atoms with van der Waals surface area (Å²) in [4.78, 5) is 0. The van der Waals surface area contributed by atoms with Crippen molar-refractivity contribution in [1.82, 2.24) is 0 Å². The quantitative estimate of drug-likeness (QED) is 0.778. The number of para-hydroxylation sites is 2. The lowest BCUT2D eigenvalue weighted by atomic mass is 10.1. The van der Waals surface area contributed by atoms with Gasteiger partial charge in [0.25, 0.3) is 0 Å². The Kier molecular flexibility index (Phi) is 5.12. The molecule has 3 heteroatoms. The molecule has 0 aromatic heterocycles. The number of nitrogens with one attached hydrogen (secondary N) is 1. The highest BCUT2D eigenvalue weighted by atomic mass is 16.5. The number of benzene rings is 1. The number of anilines is 1. The van der Waals surface area contributed by atoms with Crippen molar-refractivity contribution in [2.24, 2.45) is 5.92 Å². The van der Waals surface area contributed by atoms with Crippen molar-refractivity contribution in [3.05, 3.63) is 24.3 Å². The van der Waals surface area contributed by atoms with E-state index in [4.69, 9.17) is 4.74 Å². The van der Waals surface area contributed by atoms with Gasteiger partial charge in [-0.05, 0) is 25.0 Å². The van der Waals surface area contributed by atoms with Crippen LogP contribution < -0.4 is 10.1 Å². The molecule has 0 bridgehead atoms. The molecule has 0 fully saturated rings. The van der Waals surface area contributed by atoms with Gasteiger partial charge in [-0.25, -0.2) is 0 Å². The van der Waals surface area contributed by atoms with Crippen LogP contribution in [0, 0.1) is 5.92 Å². The minimum absolute atomic E-state index is 0.0570. The van der Waals surface area contributed by atoms with Crippen LogP contribution >= 0.6 is 0 Å². The summed E-state index contributed by atoms with van der Waals surface area (Å²) >= 11 is 0. The lowest BCUT2D eigenvalue weighted by molar-refractivity contribution is 0.248. The van der Waals surface area contributed by atoms with E-state index in [0.717, 1.165) is 11.4 Å². The highest BCUT2D eigenvalue weighted by Crippen LogP contribution is 2.25. The third-order valence-electron chi connectivity index (χ3n) is 2.53. The number of ether oxygens (including phenoxy) is 1. The van der Waals surface area contributed by atoms with E-state index in [0.29, 0.717) is 12.5 Å². The van der Waals surface area contributed by atoms with Crippen molar-refractivity contribution in [2.45, 2.75) is 26.8 Å². The normalized spacial score (nSPS) is 12.6. The maximum absolute atomic E-state index is 9.28. The number of aliphatic hydroxyl groups is 1. The van der Waals surface area contributed by atoms with Gasteiger partial charge in [-0.15, -0.1) is 0 Å². The lowest BCUT2D eigenvalue weighted by Gasteiger charge is -2.22. The van der Waals surface area contributed by atoms with Gasteiger partial charge in [-0.3, -0.25) is 0 Å². The van der Waals surface area contributed by atoms with E-state index in [1.54, 1.807) is 0 Å². The van der Waals surface area contributed by atoms with Crippen molar-refractivity contribution < 1.29 is 9.84 Å². The number of hydrogen-bond donors (Lipinski definition) is 2. The van der Waals surface area contributed by atoms with Crippen molar-refractivity contribution in [2.75, 3.05) is 18.5 Å². The first kappa shape index (κ1) is 12.8. The van der Waals surface area contributed by atoms with Crippen LogP contribution in [-0.2, 0) is 0 Å². The SMILES string of the molecule is CCOc1ccccc1NC(CO)C(C)C. The average molecular weight is 223 g/mol. The van der Waals surface area contributed by atoms with E-state index in [2.05, 4.69) is 19.2 Å². The van der Waals surface area contributed by atoms with Crippen LogP contribution in [0.5, 0.6) is 5.75 Å². The van der Waals surface area contributed by atoms with Crippen LogP contribution in [0.25, 0.3) is 0 Å². The van der Waals surface area contributed by atoms with Crippen molar-refractivity contribution in [3.63, 3.8) is 0 Å². The molecule has 2 N–H and O–H groups in total. The molecule has 0 aliphatic carbocycles. The fourth-order valence-corrected chi connectivity index (χ4v) is 1.49. The molecule has 0 saturated heterocycles. The Morgan fingerprint density at radius 2 is 2.00 bits per heavy atom. The van der Waals surface area contributed by atoms with Crippen LogP contribution in [-0.4, -0.2) is 24.4 Å². The summed E-state index contributed by atoms with van der Waals surface area (Å²) in [5, 5.41) is 12.6. The zero-order valence-corrected chi connectivity index (χ0v) is 10.2. The molecule has 0 heterocycles. The molecule has 1 aromatic rings. The molecule has 0 radical (unpaired) electrons. The van der Waals surface area contributed by atoms with Crippen molar-refractivity contribution >= 4 is 5.69 Å². The fourth-order valence-electron chi connectivity index (χ4n) is 1.49. The van der Waals surface area contributed by atoms with Gasteiger partial charge in [0.1, 0.15) is 5.75 Å². The van der Waals surface area contributed by atoms with E-state index < -0.39 is 0 Å². The van der Waals surface area contributed by atoms with E-state index in [9.17, 15) is 5.11 Å². The molecule has 0 saturated carbocycles. The summed E-state index contributed by atoms with van der Waals surface area (Å²) in [5.41, 5.74) is 0.942. The Bertz CT molecular complexity index is 313. The molecule has 0 spiro atoms. The fraction of sp³-hybridized carbons (Fsp3) is 0.538. The standard InChI is InChI=1S/C13H21NO2/c1-4-16-13-8-6-5-7-11(13)14-12(9-15)10(2)3/h5-8,10,12,14-15H,4,9H2,1-3H3. The Morgan fingerprint density at radius 1 is 1.31 bits per heavy atom. The van der Waals surface area contributed by atoms with Gasteiger partial charge in [-0.1, -0.05) is 26.0 Å². The largest absolute Gasteiger partial charge is 0.492 e. The molecule has 90 valence electrons. The molecule has 3 nitrogen and oxygen atoms in total. The van der Waals surface area contributed by atoms with Crippen LogP contribution in [0.1, 0.15) is 20.8 Å². The Labute approximate surface area is 97.4 Å². The molecule has 1 unspecified atom stereocenters. The minimum Gasteiger partial charge on any atom is -0.492 e. The van der Waals surface area contributed by atoms with Gasteiger partial charge in [0.15, 0.2) is 0 Å². The van der Waals surface area contributed by atoms with Gasteiger partial charge in [0, 0.05) is 0 Å². The Balaban J connectivity index is 2.78. The monoisotopic (exact) mass is 223 g/mol. The van der Waals surface area contributed by atoms with Gasteiger partial charge in [-0.2, -0.15) is 0 Å². The first-order valence-electron chi connectivity index (χ1n) is 5.78. The third-order valence-corrected chi connectivity index (χ3v) is 2.53. The summed E-state index contributed by atoms with van der Waals surface area (Å²) < 4.78 is 5.52. The molecule has 0 aliphatic rings. The van der Waals surface area contributed by atoms with Crippen LogP contribution in [0.3, 0.4) is 0 Å². The smallest absolute Gasteiger partial charge is 0.142 e. The minimum atomic E-state index is 0.0570. The van der Waals surface area contributed by atoms with Crippen LogP contribution in [0.2, 0.25) is 0 Å². The summed E-state index contributed by atoms with van der Waals surface area (Å²) in [6.07, 6.45) is 0. The van der Waals surface area contributed by atoms with E-state index >= 15 is 0 Å². The molecule has 1 rings (SSSR count). The lowest BCUT2D eigenvalue weighted by Crippen LogP contribution is -2.29. The first-order valence-corrected chi connectivity index (χ1v) is 5.78. The number of hydrogen-bond acceptors (Lipinski definition) is 3. The van der Waals surface area contributed by atoms with E-state index in [1.807, 2.05) is 31.2 Å². The first-order chi connectivity index (χ1) is 7.69. The number of rotatable bonds is 6. The predicted octanol–water partition coefficient (Wildman–Crippen LogP) is 2.51. The zero-order chi connectivity index (χ0) is 12.0. The molecular formula is C13H21NO2. The highest BCUT2D eigenvalue weighted by molar-refractivity contribution is 5.56. The summed E-state index contributed by atoms with van der Waals surface area (Å²) in [7, 11) is 0. The van der Waals surface area contributed by atoms with E-state index in [1.165, 1.54) is 0 Å². The second kappa shape index (κ2) is 6.38. The molecule has 0 amide bonds. The summed E-state index contributed by atoms with van der Waals surface area (Å²) in [6, 6.07) is 7.86. The predicted molar refractivity (Wildman–Crippen MR) is 66.9 cm³/mol. The third kappa shape index (κ3) is 3.42. The highest BCUT2D eigenvalue weighted by Gasteiger charge is 2.13. The molecule has 0 aliphatic heterocycles. The molecule has 16 heavy (non-hydrogen) atoms. The van der Waals surface area contributed by atoms with Gasteiger partial charge in [0.2, 0.25) is 0 Å². The second-order valence-electron chi connectivity index (χ2n) is 4.11. The number of aliphatic hydroxyl groups excluding tert-OH is 1. The topological polar surface area (TPSA) is 41.5 Å². The average Bonchev–Trinajstić information content (AvgIpc) is 2.27. The maximum Gasteiger partial charge on any atom is 0.142 e. The van der Waals surface area contributed by atoms with Crippen LogP contribution in [0.15, 0.2) is 24.3 Å². The summed E-state index contributed by atoms with van der Waals surface area (Å²) in [5.74, 6) is 1.21. The van der Waals surface area contributed by atoms with Crippen LogP contribution in [0.4, 0.5) is 5.69 Å². The van der Waals surface area contributed by atoms with Gasteiger partial charge < -0.3 is 15.2 Å². The molecular weight excluding hydrogens is 202 g/mol. The van der Waals surface area contributed by atoms with Crippen molar-refractivity contribution in [3.8, 4) is 5.75 Å². The second-order valence-corrected chi connectivity index (χ2v) is 4.11. The maximum atomic E-state index is 9.28. The van der Waals surface area contributed by atoms with Gasteiger partial charge >= 0.3 is 0 Å². The molecule has 1 atom stereocenters.